The number of halogens is 1. The van der Waals surface area contributed by atoms with Crippen molar-refractivity contribution in [2.75, 3.05) is 32.7 Å². The van der Waals surface area contributed by atoms with Crippen molar-refractivity contribution in [1.82, 2.24) is 9.62 Å². The van der Waals surface area contributed by atoms with Gasteiger partial charge in [-0.25, -0.2) is 12.8 Å². The molecular formula is C19H27FN3O3S+. The number of piperazine rings is 1. The number of rotatable bonds is 7. The van der Waals surface area contributed by atoms with Crippen molar-refractivity contribution in [2.45, 2.75) is 37.1 Å². The molecule has 0 spiro atoms. The van der Waals surface area contributed by atoms with Crippen LogP contribution in [0.4, 0.5) is 4.39 Å². The summed E-state index contributed by atoms with van der Waals surface area (Å²) in [5.41, 5.74) is -0.621. The van der Waals surface area contributed by atoms with E-state index >= 15 is 0 Å². The third-order valence-electron chi connectivity index (χ3n) is 5.15. The molecule has 0 aliphatic carbocycles. The van der Waals surface area contributed by atoms with Crippen molar-refractivity contribution in [3.8, 4) is 12.3 Å². The predicted octanol–water partition coefficient (Wildman–Crippen LogP) is 0.0231. The van der Waals surface area contributed by atoms with Crippen LogP contribution in [0.1, 0.15) is 26.7 Å². The van der Waals surface area contributed by atoms with Crippen molar-refractivity contribution in [3.63, 3.8) is 0 Å². The van der Waals surface area contributed by atoms with E-state index in [9.17, 15) is 17.6 Å². The standard InChI is InChI=1S/C19H26FN3O3S/c1-4-19(5-2,6-3)21-18(24)15-22-11-13-23(14-12-22)27(25,26)17-9-7-16(20)8-10-17/h1,7-10H,5-6,11-15H2,2-3H3,(H,21,24)/p+1. The smallest absolute Gasteiger partial charge is 0.276 e. The maximum Gasteiger partial charge on any atom is 0.276 e. The minimum Gasteiger partial charge on any atom is -0.335 e. The summed E-state index contributed by atoms with van der Waals surface area (Å²) in [6, 6.07) is 4.81. The summed E-state index contributed by atoms with van der Waals surface area (Å²) in [4.78, 5) is 13.4. The van der Waals surface area contributed by atoms with E-state index in [1.54, 1.807) is 0 Å². The molecule has 1 heterocycles. The van der Waals surface area contributed by atoms with Gasteiger partial charge in [0.25, 0.3) is 5.91 Å². The first kappa shape index (κ1) is 21.4. The average Bonchev–Trinajstić information content (AvgIpc) is 2.67. The Bertz CT molecular complexity index is 790. The first-order valence-electron chi connectivity index (χ1n) is 9.14. The minimum atomic E-state index is -3.65. The lowest BCUT2D eigenvalue weighted by Crippen LogP contribution is -3.16. The summed E-state index contributed by atoms with van der Waals surface area (Å²) >= 11 is 0. The highest BCUT2D eigenvalue weighted by Gasteiger charge is 2.32. The van der Waals surface area contributed by atoms with Gasteiger partial charge in [0.15, 0.2) is 6.54 Å². The molecule has 1 aliphatic heterocycles. The second-order valence-electron chi connectivity index (χ2n) is 6.77. The van der Waals surface area contributed by atoms with E-state index in [-0.39, 0.29) is 17.3 Å². The van der Waals surface area contributed by atoms with Crippen LogP contribution in [0.15, 0.2) is 29.2 Å². The molecule has 1 saturated heterocycles. The first-order chi connectivity index (χ1) is 12.8. The monoisotopic (exact) mass is 396 g/mol. The molecule has 148 valence electrons. The Morgan fingerprint density at radius 1 is 1.26 bits per heavy atom. The largest absolute Gasteiger partial charge is 0.335 e. The SMILES string of the molecule is C#CC(CC)(CC)NC(=O)C[NH+]1CCN(S(=O)(=O)c2ccc(F)cc2)CC1. The van der Waals surface area contributed by atoms with Gasteiger partial charge in [0.1, 0.15) is 11.4 Å². The third kappa shape index (κ3) is 5.06. The van der Waals surface area contributed by atoms with Crippen LogP contribution < -0.4 is 10.2 Å². The van der Waals surface area contributed by atoms with Gasteiger partial charge in [0.05, 0.1) is 31.1 Å². The number of nitrogens with one attached hydrogen (secondary N) is 2. The maximum atomic E-state index is 13.0. The number of amides is 1. The Morgan fingerprint density at radius 2 is 1.81 bits per heavy atom. The van der Waals surface area contributed by atoms with Crippen LogP contribution in [0.3, 0.4) is 0 Å². The summed E-state index contributed by atoms with van der Waals surface area (Å²) < 4.78 is 39.7. The molecule has 8 heteroatoms. The quantitative estimate of drug-likeness (QED) is 0.639. The number of benzene rings is 1. The highest BCUT2D eigenvalue weighted by atomic mass is 32.2. The number of hydrogen-bond acceptors (Lipinski definition) is 3. The molecule has 0 radical (unpaired) electrons. The zero-order valence-corrected chi connectivity index (χ0v) is 16.6. The minimum absolute atomic E-state index is 0.0785. The third-order valence-corrected chi connectivity index (χ3v) is 7.07. The topological polar surface area (TPSA) is 70.9 Å². The lowest BCUT2D eigenvalue weighted by Gasteiger charge is -2.32. The second kappa shape index (κ2) is 8.83. The van der Waals surface area contributed by atoms with Crippen LogP contribution in [0.5, 0.6) is 0 Å². The van der Waals surface area contributed by atoms with Crippen molar-refractivity contribution in [3.05, 3.63) is 30.1 Å². The molecule has 1 fully saturated rings. The first-order valence-corrected chi connectivity index (χ1v) is 10.6. The number of carbonyl (C=O) groups excluding carboxylic acids is 1. The van der Waals surface area contributed by atoms with Crippen LogP contribution in [0, 0.1) is 18.2 Å². The van der Waals surface area contributed by atoms with E-state index < -0.39 is 21.4 Å². The summed E-state index contributed by atoms with van der Waals surface area (Å²) in [5, 5.41) is 2.94. The Balaban J connectivity index is 1.92. The molecule has 1 aliphatic rings. The molecule has 2 rings (SSSR count). The maximum absolute atomic E-state index is 13.0. The number of nitrogens with zero attached hydrogens (tertiary/aromatic N) is 1. The summed E-state index contributed by atoms with van der Waals surface area (Å²) in [5.74, 6) is 2.08. The van der Waals surface area contributed by atoms with Crippen LogP contribution in [0.2, 0.25) is 0 Å². The number of sulfonamides is 1. The van der Waals surface area contributed by atoms with Gasteiger partial charge in [-0.2, -0.15) is 4.31 Å². The van der Waals surface area contributed by atoms with Gasteiger partial charge in [-0.05, 0) is 37.1 Å². The number of carbonyl (C=O) groups is 1. The van der Waals surface area contributed by atoms with E-state index in [0.717, 1.165) is 17.0 Å². The fourth-order valence-electron chi connectivity index (χ4n) is 3.18. The lowest BCUT2D eigenvalue weighted by atomic mass is 9.94. The molecule has 0 atom stereocenters. The lowest BCUT2D eigenvalue weighted by molar-refractivity contribution is -0.895. The van der Waals surface area contributed by atoms with Gasteiger partial charge in [0.2, 0.25) is 10.0 Å². The van der Waals surface area contributed by atoms with Crippen molar-refractivity contribution in [2.24, 2.45) is 0 Å². The number of quaternary nitrogens is 1. The predicted molar refractivity (Wildman–Crippen MR) is 101 cm³/mol. The molecule has 0 unspecified atom stereocenters. The van der Waals surface area contributed by atoms with Crippen molar-refractivity contribution >= 4 is 15.9 Å². The summed E-state index contributed by atoms with van der Waals surface area (Å²) in [6.07, 6.45) is 6.89. The van der Waals surface area contributed by atoms with Crippen molar-refractivity contribution in [1.29, 1.82) is 0 Å². The van der Waals surface area contributed by atoms with E-state index in [1.165, 1.54) is 16.4 Å². The van der Waals surface area contributed by atoms with Gasteiger partial charge >= 0.3 is 0 Å². The van der Waals surface area contributed by atoms with Gasteiger partial charge in [0, 0.05) is 0 Å². The Morgan fingerprint density at radius 3 is 2.30 bits per heavy atom. The molecule has 0 aromatic heterocycles. The van der Waals surface area contributed by atoms with Gasteiger partial charge in [-0.1, -0.05) is 19.8 Å². The highest BCUT2D eigenvalue weighted by Crippen LogP contribution is 2.16. The van der Waals surface area contributed by atoms with Crippen LogP contribution in [0.25, 0.3) is 0 Å². The molecule has 27 heavy (non-hydrogen) atoms. The van der Waals surface area contributed by atoms with E-state index in [2.05, 4.69) is 11.2 Å². The normalized spacial score (nSPS) is 16.7. The number of hydrogen-bond donors (Lipinski definition) is 2. The molecule has 1 amide bonds. The van der Waals surface area contributed by atoms with Crippen LogP contribution >= 0.6 is 0 Å². The molecule has 1 aromatic carbocycles. The van der Waals surface area contributed by atoms with Gasteiger partial charge in [-0.15, -0.1) is 6.42 Å². The summed E-state index contributed by atoms with van der Waals surface area (Å²) in [7, 11) is -3.65. The molecule has 0 saturated carbocycles. The molecule has 0 bridgehead atoms. The second-order valence-corrected chi connectivity index (χ2v) is 8.70. The van der Waals surface area contributed by atoms with Crippen molar-refractivity contribution < 1.29 is 22.5 Å². The van der Waals surface area contributed by atoms with Gasteiger partial charge < -0.3 is 10.2 Å². The molecular weight excluding hydrogens is 369 g/mol. The Hall–Kier alpha value is -1.95. The Labute approximate surface area is 160 Å². The van der Waals surface area contributed by atoms with Gasteiger partial charge in [-0.3, -0.25) is 4.79 Å². The zero-order chi connectivity index (χ0) is 20.1. The highest BCUT2D eigenvalue weighted by molar-refractivity contribution is 7.89. The molecule has 1 aromatic rings. The molecule has 6 nitrogen and oxygen atoms in total. The van der Waals surface area contributed by atoms with E-state index in [4.69, 9.17) is 6.42 Å². The van der Waals surface area contributed by atoms with E-state index in [1.807, 2.05) is 13.8 Å². The van der Waals surface area contributed by atoms with Crippen LogP contribution in [-0.2, 0) is 14.8 Å². The van der Waals surface area contributed by atoms with E-state index in [0.29, 0.717) is 39.0 Å². The Kier molecular flexibility index (Phi) is 6.98. The summed E-state index contributed by atoms with van der Waals surface area (Å²) in [6.45, 7) is 5.80. The zero-order valence-electron chi connectivity index (χ0n) is 15.8. The number of terminal acetylenes is 1. The fourth-order valence-corrected chi connectivity index (χ4v) is 4.62. The molecule has 2 N–H and O–H groups in total. The average molecular weight is 397 g/mol. The fraction of sp³-hybridized carbons (Fsp3) is 0.526. The van der Waals surface area contributed by atoms with Crippen LogP contribution in [-0.4, -0.2) is 56.9 Å².